The maximum atomic E-state index is 12.0. The van der Waals surface area contributed by atoms with Crippen molar-refractivity contribution in [2.24, 2.45) is 5.73 Å². The van der Waals surface area contributed by atoms with E-state index in [0.29, 0.717) is 13.1 Å². The second-order valence-corrected chi connectivity index (χ2v) is 7.06. The first-order valence-electron chi connectivity index (χ1n) is 7.64. The molecule has 7 heteroatoms. The minimum Gasteiger partial charge on any atom is -0.444 e. The van der Waals surface area contributed by atoms with E-state index in [9.17, 15) is 4.79 Å². The molecule has 1 saturated heterocycles. The van der Waals surface area contributed by atoms with Crippen molar-refractivity contribution >= 4 is 34.8 Å². The number of thiocarbonyl (C=S) groups is 1. The Bertz CT molecular complexity index is 568. The number of hydrogen-bond acceptors (Lipinski definition) is 4. The lowest BCUT2D eigenvalue weighted by molar-refractivity contribution is 0.0293. The SMILES string of the molecule is CC(C)(C)OC(=O)N1CCC(Nc2ccc(NC(N)=S)cc2)C1. The topological polar surface area (TPSA) is 79.6 Å². The first-order valence-corrected chi connectivity index (χ1v) is 8.05. The van der Waals surface area contributed by atoms with Crippen LogP contribution in [-0.4, -0.2) is 40.8 Å². The molecule has 1 unspecified atom stereocenters. The molecule has 0 spiro atoms. The molecule has 126 valence electrons. The number of nitrogens with two attached hydrogens (primary N) is 1. The molecular weight excluding hydrogens is 312 g/mol. The Kier molecular flexibility index (Phi) is 5.30. The smallest absolute Gasteiger partial charge is 0.410 e. The highest BCUT2D eigenvalue weighted by Gasteiger charge is 2.29. The number of amides is 1. The fourth-order valence-electron chi connectivity index (χ4n) is 2.40. The lowest BCUT2D eigenvalue weighted by Gasteiger charge is -2.24. The molecule has 2 rings (SSSR count). The summed E-state index contributed by atoms with van der Waals surface area (Å²) in [6.45, 7) is 6.97. The molecule has 1 heterocycles. The second kappa shape index (κ2) is 7.04. The van der Waals surface area contributed by atoms with Crippen molar-refractivity contribution in [2.45, 2.75) is 38.8 Å². The van der Waals surface area contributed by atoms with E-state index in [1.165, 1.54) is 0 Å². The number of hydrogen-bond donors (Lipinski definition) is 3. The number of carbonyl (C=O) groups excluding carboxylic acids is 1. The summed E-state index contributed by atoms with van der Waals surface area (Å²) in [4.78, 5) is 13.8. The van der Waals surface area contributed by atoms with E-state index >= 15 is 0 Å². The predicted molar refractivity (Wildman–Crippen MR) is 96.7 cm³/mol. The summed E-state index contributed by atoms with van der Waals surface area (Å²) >= 11 is 4.80. The van der Waals surface area contributed by atoms with Gasteiger partial charge in [0.1, 0.15) is 5.60 Å². The predicted octanol–water partition coefficient (Wildman–Crippen LogP) is 2.76. The van der Waals surface area contributed by atoms with Crippen LogP contribution in [0, 0.1) is 0 Å². The molecule has 0 aromatic heterocycles. The average molecular weight is 336 g/mol. The van der Waals surface area contributed by atoms with Gasteiger partial charge in [-0.2, -0.15) is 0 Å². The standard InChI is InChI=1S/C16H24N4O2S/c1-16(2,3)22-15(21)20-9-8-13(10-20)18-11-4-6-12(7-5-11)19-14(17)23/h4-7,13,18H,8-10H2,1-3H3,(H3,17,19,23). The zero-order valence-electron chi connectivity index (χ0n) is 13.8. The quantitative estimate of drug-likeness (QED) is 0.737. The van der Waals surface area contributed by atoms with Crippen LogP contribution in [0.1, 0.15) is 27.2 Å². The normalized spacial score (nSPS) is 17.7. The van der Waals surface area contributed by atoms with Crippen LogP contribution in [0.2, 0.25) is 0 Å². The van der Waals surface area contributed by atoms with Crippen LogP contribution in [0.5, 0.6) is 0 Å². The Morgan fingerprint density at radius 1 is 1.30 bits per heavy atom. The van der Waals surface area contributed by atoms with Crippen molar-refractivity contribution in [3.8, 4) is 0 Å². The summed E-state index contributed by atoms with van der Waals surface area (Å²) in [7, 11) is 0. The summed E-state index contributed by atoms with van der Waals surface area (Å²) in [6, 6.07) is 7.94. The van der Waals surface area contributed by atoms with Gasteiger partial charge >= 0.3 is 6.09 Å². The molecule has 1 fully saturated rings. The summed E-state index contributed by atoms with van der Waals surface area (Å²) in [6.07, 6.45) is 0.643. The molecule has 0 bridgehead atoms. The molecule has 0 radical (unpaired) electrons. The summed E-state index contributed by atoms with van der Waals surface area (Å²) in [5.74, 6) is 0. The highest BCUT2D eigenvalue weighted by atomic mass is 32.1. The zero-order valence-corrected chi connectivity index (χ0v) is 14.6. The van der Waals surface area contributed by atoms with Crippen LogP contribution in [0.15, 0.2) is 24.3 Å². The van der Waals surface area contributed by atoms with E-state index in [2.05, 4.69) is 10.6 Å². The molecule has 1 aliphatic heterocycles. The molecule has 1 aliphatic rings. The van der Waals surface area contributed by atoms with E-state index in [-0.39, 0.29) is 17.2 Å². The maximum Gasteiger partial charge on any atom is 0.410 e. The summed E-state index contributed by atoms with van der Waals surface area (Å²) in [5.41, 5.74) is 6.82. The van der Waals surface area contributed by atoms with Crippen LogP contribution in [-0.2, 0) is 4.74 Å². The first kappa shape index (κ1) is 17.3. The number of likely N-dealkylation sites (tertiary alicyclic amines) is 1. The van der Waals surface area contributed by atoms with Gasteiger partial charge in [-0.1, -0.05) is 0 Å². The number of benzene rings is 1. The number of nitrogens with zero attached hydrogens (tertiary/aromatic N) is 1. The van der Waals surface area contributed by atoms with Crippen molar-refractivity contribution in [1.82, 2.24) is 4.90 Å². The van der Waals surface area contributed by atoms with Crippen LogP contribution in [0.25, 0.3) is 0 Å². The Balaban J connectivity index is 1.85. The van der Waals surface area contributed by atoms with Crippen LogP contribution >= 0.6 is 12.2 Å². The average Bonchev–Trinajstić information content (AvgIpc) is 2.87. The van der Waals surface area contributed by atoms with Gasteiger partial charge in [0.25, 0.3) is 0 Å². The van der Waals surface area contributed by atoms with Crippen molar-refractivity contribution in [3.05, 3.63) is 24.3 Å². The number of anilines is 2. The highest BCUT2D eigenvalue weighted by molar-refractivity contribution is 7.80. The monoisotopic (exact) mass is 336 g/mol. The van der Waals surface area contributed by atoms with Crippen molar-refractivity contribution in [3.63, 3.8) is 0 Å². The number of carbonyl (C=O) groups is 1. The Hall–Kier alpha value is -2.02. The van der Waals surface area contributed by atoms with Gasteiger partial charge in [-0.05, 0) is 63.7 Å². The van der Waals surface area contributed by atoms with E-state index < -0.39 is 5.60 Å². The molecule has 1 aromatic rings. The van der Waals surface area contributed by atoms with E-state index in [4.69, 9.17) is 22.7 Å². The number of rotatable bonds is 3. The third-order valence-electron chi connectivity index (χ3n) is 3.36. The molecule has 0 saturated carbocycles. The van der Waals surface area contributed by atoms with E-state index in [0.717, 1.165) is 17.8 Å². The van der Waals surface area contributed by atoms with Gasteiger partial charge in [0.2, 0.25) is 0 Å². The first-order chi connectivity index (χ1) is 10.7. The number of nitrogens with one attached hydrogen (secondary N) is 2. The molecule has 0 aliphatic carbocycles. The number of ether oxygens (including phenoxy) is 1. The molecule has 4 N–H and O–H groups in total. The lowest BCUT2D eigenvalue weighted by atomic mass is 10.2. The molecular formula is C16H24N4O2S. The van der Waals surface area contributed by atoms with Gasteiger partial charge in [-0.25, -0.2) is 4.79 Å². The third kappa shape index (κ3) is 5.59. The molecule has 1 amide bonds. The Labute approximate surface area is 142 Å². The maximum absolute atomic E-state index is 12.0. The fourth-order valence-corrected chi connectivity index (χ4v) is 2.52. The second-order valence-electron chi connectivity index (χ2n) is 6.62. The minimum absolute atomic E-state index is 0.219. The van der Waals surface area contributed by atoms with Crippen molar-refractivity contribution in [1.29, 1.82) is 0 Å². The molecule has 23 heavy (non-hydrogen) atoms. The fraction of sp³-hybridized carbons (Fsp3) is 0.500. The van der Waals surface area contributed by atoms with E-state index in [1.54, 1.807) is 4.90 Å². The van der Waals surface area contributed by atoms with Gasteiger partial charge in [-0.3, -0.25) is 0 Å². The van der Waals surface area contributed by atoms with Crippen LogP contribution in [0.4, 0.5) is 16.2 Å². The van der Waals surface area contributed by atoms with Crippen LogP contribution < -0.4 is 16.4 Å². The van der Waals surface area contributed by atoms with E-state index in [1.807, 2.05) is 45.0 Å². The van der Waals surface area contributed by atoms with Crippen LogP contribution in [0.3, 0.4) is 0 Å². The Morgan fingerprint density at radius 2 is 1.91 bits per heavy atom. The summed E-state index contributed by atoms with van der Waals surface area (Å²) < 4.78 is 5.40. The lowest BCUT2D eigenvalue weighted by Crippen LogP contribution is -2.36. The Morgan fingerprint density at radius 3 is 2.48 bits per heavy atom. The third-order valence-corrected chi connectivity index (χ3v) is 3.47. The molecule has 1 atom stereocenters. The minimum atomic E-state index is -0.463. The largest absolute Gasteiger partial charge is 0.444 e. The van der Waals surface area contributed by atoms with Gasteiger partial charge in [0, 0.05) is 30.5 Å². The van der Waals surface area contributed by atoms with Crippen molar-refractivity contribution < 1.29 is 9.53 Å². The van der Waals surface area contributed by atoms with Gasteiger partial charge in [-0.15, -0.1) is 0 Å². The zero-order chi connectivity index (χ0) is 17.0. The van der Waals surface area contributed by atoms with Gasteiger partial charge < -0.3 is 26.0 Å². The highest BCUT2D eigenvalue weighted by Crippen LogP contribution is 2.20. The molecule has 6 nitrogen and oxygen atoms in total. The van der Waals surface area contributed by atoms with Gasteiger partial charge in [0.05, 0.1) is 0 Å². The van der Waals surface area contributed by atoms with Crippen molar-refractivity contribution in [2.75, 3.05) is 23.7 Å². The summed E-state index contributed by atoms with van der Waals surface area (Å²) in [5, 5.41) is 6.55. The molecule has 1 aromatic carbocycles. The van der Waals surface area contributed by atoms with Gasteiger partial charge in [0.15, 0.2) is 5.11 Å².